The predicted octanol–water partition coefficient (Wildman–Crippen LogP) is 3.04. The molecule has 3 nitrogen and oxygen atoms in total. The van der Waals surface area contributed by atoms with Crippen molar-refractivity contribution in [1.82, 2.24) is 0 Å². The Bertz CT molecular complexity index is 371. The van der Waals surface area contributed by atoms with Gasteiger partial charge in [0.25, 0.3) is 0 Å². The van der Waals surface area contributed by atoms with Crippen molar-refractivity contribution in [1.29, 1.82) is 0 Å². The molecule has 0 aliphatic carbocycles. The topological polar surface area (TPSA) is 38.7 Å². The van der Waals surface area contributed by atoms with Crippen LogP contribution in [0.1, 0.15) is 44.8 Å². The largest absolute Gasteiger partial charge is 0.462 e. The minimum absolute atomic E-state index is 0.0650. The maximum absolute atomic E-state index is 9.14. The molecule has 0 amide bonds. The van der Waals surface area contributed by atoms with E-state index in [9.17, 15) is 0 Å². The number of hydrogen-bond acceptors (Lipinski definition) is 3. The lowest BCUT2D eigenvalue weighted by Crippen LogP contribution is -2.42. The van der Waals surface area contributed by atoms with E-state index in [0.717, 1.165) is 24.2 Å². The molecule has 1 aromatic rings. The third-order valence-corrected chi connectivity index (χ3v) is 3.39. The molecule has 0 fully saturated rings. The van der Waals surface area contributed by atoms with Gasteiger partial charge in [0.05, 0.1) is 6.10 Å². The minimum atomic E-state index is -0.534. The third kappa shape index (κ3) is 2.31. The van der Waals surface area contributed by atoms with Crippen LogP contribution >= 0.6 is 0 Å². The van der Waals surface area contributed by atoms with Crippen LogP contribution in [-0.4, -0.2) is 17.5 Å². The molecular formula is C14H20O3. The van der Waals surface area contributed by atoms with Crippen molar-refractivity contribution in [2.45, 2.75) is 45.0 Å². The lowest BCUT2D eigenvalue weighted by molar-refractivity contribution is -0.235. The van der Waals surface area contributed by atoms with Crippen LogP contribution in [0.4, 0.5) is 0 Å². The number of ether oxygens (including phenoxy) is 2. The Kier molecular flexibility index (Phi) is 3.69. The van der Waals surface area contributed by atoms with E-state index in [1.807, 2.05) is 24.3 Å². The quantitative estimate of drug-likeness (QED) is 0.873. The highest BCUT2D eigenvalue weighted by Gasteiger charge is 2.38. The molecule has 0 spiro atoms. The molecule has 0 saturated heterocycles. The zero-order valence-electron chi connectivity index (χ0n) is 10.5. The van der Waals surface area contributed by atoms with E-state index in [4.69, 9.17) is 14.6 Å². The van der Waals surface area contributed by atoms with Gasteiger partial charge in [-0.25, -0.2) is 0 Å². The maximum atomic E-state index is 9.14. The number of hydrogen-bond donors (Lipinski definition) is 1. The Morgan fingerprint density at radius 2 is 1.94 bits per heavy atom. The van der Waals surface area contributed by atoms with Crippen LogP contribution in [0.15, 0.2) is 24.3 Å². The summed E-state index contributed by atoms with van der Waals surface area (Å²) in [5.74, 6) is 0.356. The van der Waals surface area contributed by atoms with Gasteiger partial charge in [0.2, 0.25) is 5.79 Å². The Morgan fingerprint density at radius 3 is 2.59 bits per heavy atom. The second-order valence-corrected chi connectivity index (χ2v) is 4.38. The first-order valence-corrected chi connectivity index (χ1v) is 6.31. The Morgan fingerprint density at radius 1 is 1.24 bits per heavy atom. The van der Waals surface area contributed by atoms with Crippen molar-refractivity contribution in [2.24, 2.45) is 0 Å². The number of benzene rings is 1. The maximum Gasteiger partial charge on any atom is 0.210 e. The van der Waals surface area contributed by atoms with E-state index in [2.05, 4.69) is 13.8 Å². The van der Waals surface area contributed by atoms with Gasteiger partial charge in [0.15, 0.2) is 0 Å². The Labute approximate surface area is 102 Å². The first-order chi connectivity index (χ1) is 8.24. The molecule has 94 valence electrons. The zero-order chi connectivity index (χ0) is 12.3. The average Bonchev–Trinajstić information content (AvgIpc) is 2.39. The molecule has 1 heterocycles. The summed E-state index contributed by atoms with van der Waals surface area (Å²) in [5.41, 5.74) is 1.04. The lowest BCUT2D eigenvalue weighted by atomic mass is 10.0. The van der Waals surface area contributed by atoms with Gasteiger partial charge in [-0.05, 0) is 6.07 Å². The van der Waals surface area contributed by atoms with Crippen LogP contribution in [-0.2, 0) is 4.74 Å². The molecule has 1 aliphatic heterocycles. The summed E-state index contributed by atoms with van der Waals surface area (Å²) in [6, 6.07) is 7.92. The summed E-state index contributed by atoms with van der Waals surface area (Å²) in [7, 11) is 0. The van der Waals surface area contributed by atoms with E-state index >= 15 is 0 Å². The molecule has 2 rings (SSSR count). The molecule has 0 bridgehead atoms. The van der Waals surface area contributed by atoms with Crippen LogP contribution in [0.3, 0.4) is 0 Å². The second kappa shape index (κ2) is 5.07. The van der Waals surface area contributed by atoms with E-state index in [1.165, 1.54) is 0 Å². The van der Waals surface area contributed by atoms with Gasteiger partial charge in [-0.2, -0.15) is 0 Å². The van der Waals surface area contributed by atoms with Crippen molar-refractivity contribution >= 4 is 0 Å². The summed E-state index contributed by atoms with van der Waals surface area (Å²) < 4.78 is 12.0. The summed E-state index contributed by atoms with van der Waals surface area (Å²) in [6.45, 7) is 4.25. The summed E-state index contributed by atoms with van der Waals surface area (Å²) in [4.78, 5) is 0. The van der Waals surface area contributed by atoms with Gasteiger partial charge in [0.1, 0.15) is 5.75 Å². The normalized spacial score (nSPS) is 21.7. The summed E-state index contributed by atoms with van der Waals surface area (Å²) >= 11 is 0. The van der Waals surface area contributed by atoms with Gasteiger partial charge in [-0.15, -0.1) is 0 Å². The molecule has 1 aliphatic rings. The van der Waals surface area contributed by atoms with Gasteiger partial charge in [-0.1, -0.05) is 32.0 Å². The van der Waals surface area contributed by atoms with E-state index in [-0.39, 0.29) is 12.7 Å². The summed E-state index contributed by atoms with van der Waals surface area (Å²) in [5, 5.41) is 9.14. The van der Waals surface area contributed by atoms with E-state index < -0.39 is 5.79 Å². The molecular weight excluding hydrogens is 216 g/mol. The fourth-order valence-corrected chi connectivity index (χ4v) is 2.28. The van der Waals surface area contributed by atoms with E-state index in [1.54, 1.807) is 0 Å². The first kappa shape index (κ1) is 12.4. The first-order valence-electron chi connectivity index (χ1n) is 6.31. The van der Waals surface area contributed by atoms with Gasteiger partial charge in [-0.3, -0.25) is 0 Å². The molecule has 1 unspecified atom stereocenters. The SMILES string of the molecule is CCC1(CC)Oc2ccccc2C(CCO)O1. The van der Waals surface area contributed by atoms with Crippen molar-refractivity contribution in [2.75, 3.05) is 6.61 Å². The molecule has 0 radical (unpaired) electrons. The Balaban J connectivity index is 2.35. The van der Waals surface area contributed by atoms with Gasteiger partial charge in [0, 0.05) is 31.4 Å². The van der Waals surface area contributed by atoms with Crippen LogP contribution in [0.5, 0.6) is 5.75 Å². The number of para-hydroxylation sites is 1. The van der Waals surface area contributed by atoms with Crippen LogP contribution in [0.2, 0.25) is 0 Å². The molecule has 17 heavy (non-hydrogen) atoms. The zero-order valence-corrected chi connectivity index (χ0v) is 10.5. The average molecular weight is 236 g/mol. The van der Waals surface area contributed by atoms with Crippen molar-refractivity contribution in [3.63, 3.8) is 0 Å². The number of fused-ring (bicyclic) bond motifs is 1. The number of rotatable bonds is 4. The fraction of sp³-hybridized carbons (Fsp3) is 0.571. The number of aliphatic hydroxyl groups is 1. The fourth-order valence-electron chi connectivity index (χ4n) is 2.28. The lowest BCUT2D eigenvalue weighted by Gasteiger charge is -2.41. The standard InChI is InChI=1S/C14H20O3/c1-3-14(4-2)16-12-8-6-5-7-11(12)13(17-14)9-10-15/h5-8,13,15H,3-4,9-10H2,1-2H3. The third-order valence-electron chi connectivity index (χ3n) is 3.39. The van der Waals surface area contributed by atoms with Crippen molar-refractivity contribution < 1.29 is 14.6 Å². The van der Waals surface area contributed by atoms with Crippen molar-refractivity contribution in [3.05, 3.63) is 29.8 Å². The predicted molar refractivity (Wildman–Crippen MR) is 65.9 cm³/mol. The van der Waals surface area contributed by atoms with Crippen LogP contribution in [0, 0.1) is 0 Å². The monoisotopic (exact) mass is 236 g/mol. The highest BCUT2D eigenvalue weighted by atomic mass is 16.7. The molecule has 0 saturated carbocycles. The number of aliphatic hydroxyl groups excluding tert-OH is 1. The minimum Gasteiger partial charge on any atom is -0.462 e. The van der Waals surface area contributed by atoms with Gasteiger partial charge < -0.3 is 14.6 Å². The second-order valence-electron chi connectivity index (χ2n) is 4.38. The molecule has 1 aromatic carbocycles. The van der Waals surface area contributed by atoms with Crippen molar-refractivity contribution in [3.8, 4) is 5.75 Å². The highest BCUT2D eigenvalue weighted by Crippen LogP contribution is 2.42. The smallest absolute Gasteiger partial charge is 0.210 e. The van der Waals surface area contributed by atoms with Crippen LogP contribution in [0.25, 0.3) is 0 Å². The van der Waals surface area contributed by atoms with Gasteiger partial charge >= 0.3 is 0 Å². The summed E-state index contributed by atoms with van der Waals surface area (Å²) in [6.07, 6.45) is 2.16. The molecule has 1 atom stereocenters. The Hall–Kier alpha value is -1.06. The molecule has 1 N–H and O–H groups in total. The van der Waals surface area contributed by atoms with E-state index in [0.29, 0.717) is 6.42 Å². The van der Waals surface area contributed by atoms with Crippen LogP contribution < -0.4 is 4.74 Å². The highest BCUT2D eigenvalue weighted by molar-refractivity contribution is 5.37. The molecule has 3 heteroatoms. The molecule has 0 aromatic heterocycles.